The zero-order valence-corrected chi connectivity index (χ0v) is 34.8. The number of morpholine rings is 1. The topological polar surface area (TPSA) is 137 Å². The van der Waals surface area contributed by atoms with Gasteiger partial charge in [-0.2, -0.15) is 0 Å². The summed E-state index contributed by atoms with van der Waals surface area (Å²) >= 11 is 0. The summed E-state index contributed by atoms with van der Waals surface area (Å²) in [7, 11) is 0.895. The largest absolute Gasteiger partial charge is 0.507 e. The van der Waals surface area contributed by atoms with E-state index in [-0.39, 0.29) is 41.0 Å². The van der Waals surface area contributed by atoms with Crippen molar-refractivity contribution in [2.75, 3.05) is 45.3 Å². The number of carbonyl (C=O) groups is 2. The number of ether oxygens (including phenoxy) is 3. The molecule has 1 saturated carbocycles. The molecule has 2 aromatic heterocycles. The van der Waals surface area contributed by atoms with Gasteiger partial charge in [-0.1, -0.05) is 81.4 Å². The van der Waals surface area contributed by atoms with Gasteiger partial charge < -0.3 is 33.2 Å². The quantitative estimate of drug-likeness (QED) is 0.127. The molecule has 13 heteroatoms. The Morgan fingerprint density at radius 2 is 1.56 bits per heavy atom. The summed E-state index contributed by atoms with van der Waals surface area (Å²) in [5.41, 5.74) is 1.32. The average Bonchev–Trinajstić information content (AvgIpc) is 3.61. The molecule has 0 spiro atoms. The first-order valence-corrected chi connectivity index (χ1v) is 22.7. The van der Waals surface area contributed by atoms with Crippen LogP contribution in [0.15, 0.2) is 77.0 Å². The molecule has 1 N–H and O–H groups in total. The van der Waals surface area contributed by atoms with Crippen molar-refractivity contribution in [3.05, 3.63) is 106 Å². The van der Waals surface area contributed by atoms with Crippen molar-refractivity contribution in [1.82, 2.24) is 15.0 Å². The minimum Gasteiger partial charge on any atom is -0.507 e. The van der Waals surface area contributed by atoms with E-state index < -0.39 is 43.4 Å². The third-order valence-corrected chi connectivity index (χ3v) is 17.0. The monoisotopic (exact) mass is 792 g/mol. The van der Waals surface area contributed by atoms with Crippen molar-refractivity contribution in [3.8, 4) is 11.6 Å². The van der Waals surface area contributed by atoms with Crippen molar-refractivity contribution in [1.29, 1.82) is 0 Å². The molecule has 4 aromatic rings. The van der Waals surface area contributed by atoms with Crippen molar-refractivity contribution < 1.29 is 37.9 Å². The fraction of sp³-hybridized carbons (Fsp3) is 0.455. The summed E-state index contributed by atoms with van der Waals surface area (Å²) in [5.74, 6) is -0.981. The van der Waals surface area contributed by atoms with Gasteiger partial charge in [-0.15, -0.1) is 0 Å². The van der Waals surface area contributed by atoms with E-state index in [0.29, 0.717) is 62.0 Å². The molecule has 4 atom stereocenters. The van der Waals surface area contributed by atoms with Crippen LogP contribution >= 0.6 is 0 Å². The highest BCUT2D eigenvalue weighted by Crippen LogP contribution is 2.59. The number of aliphatic hydroxyl groups excluding tert-OH is 1. The van der Waals surface area contributed by atoms with E-state index in [1.54, 1.807) is 6.20 Å². The average molecular weight is 793 g/mol. The molecule has 57 heavy (non-hydrogen) atoms. The minimum absolute atomic E-state index is 0.0224. The van der Waals surface area contributed by atoms with Crippen LogP contribution in [0.2, 0.25) is 18.1 Å². The van der Waals surface area contributed by atoms with Gasteiger partial charge in [0, 0.05) is 44.2 Å². The summed E-state index contributed by atoms with van der Waals surface area (Å²) in [4.78, 5) is 40.6. The number of benzene rings is 2. The van der Waals surface area contributed by atoms with Crippen LogP contribution in [-0.4, -0.2) is 86.0 Å². The number of nitrogens with zero attached hydrogens (tertiary/aromatic N) is 4. The Labute approximate surface area is 334 Å². The molecule has 1 aliphatic heterocycles. The number of anilines is 1. The smallest absolute Gasteiger partial charge is 0.265 e. The van der Waals surface area contributed by atoms with Gasteiger partial charge in [0.1, 0.15) is 36.1 Å². The van der Waals surface area contributed by atoms with Gasteiger partial charge in [-0.3, -0.25) is 14.5 Å². The van der Waals surface area contributed by atoms with Crippen LogP contribution in [-0.2, 0) is 33.6 Å². The molecule has 300 valence electrons. The second kappa shape index (κ2) is 14.8. The number of carbonyl (C=O) groups excluding carboxylic acids is 2. The van der Waals surface area contributed by atoms with E-state index in [2.05, 4.69) is 43.9 Å². The first kappa shape index (κ1) is 39.0. The van der Waals surface area contributed by atoms with E-state index in [1.807, 2.05) is 79.7 Å². The highest BCUT2D eigenvalue weighted by Gasteiger charge is 2.69. The number of fused-ring (bicyclic) bond motifs is 4. The molecule has 0 bridgehead atoms. The number of ketones is 2. The van der Waals surface area contributed by atoms with E-state index in [4.69, 9.17) is 28.1 Å². The molecule has 2 aromatic carbocycles. The number of Topliss-reactive ketones (excluding diaryl/α,β-unsaturated/α-hetero) is 2. The summed E-state index contributed by atoms with van der Waals surface area (Å²) in [6, 6.07) is 18.8. The fourth-order valence-corrected chi connectivity index (χ4v) is 10.2. The van der Waals surface area contributed by atoms with E-state index >= 15 is 9.59 Å². The van der Waals surface area contributed by atoms with Crippen LogP contribution in [0.5, 0.6) is 11.6 Å². The maximum atomic E-state index is 16.0. The maximum absolute atomic E-state index is 16.0. The van der Waals surface area contributed by atoms with Gasteiger partial charge in [-0.05, 0) is 53.2 Å². The molecule has 8 rings (SSSR count). The highest BCUT2D eigenvalue weighted by molar-refractivity contribution is 6.74. The molecule has 2 fully saturated rings. The van der Waals surface area contributed by atoms with Crippen LogP contribution < -0.4 is 14.4 Å². The second-order valence-corrected chi connectivity index (χ2v) is 22.0. The number of rotatable bonds is 10. The zero-order chi connectivity index (χ0) is 40.3. The van der Waals surface area contributed by atoms with E-state index in [0.717, 1.165) is 16.7 Å². The first-order chi connectivity index (χ1) is 27.2. The van der Waals surface area contributed by atoms with E-state index in [1.165, 1.54) is 0 Å². The van der Waals surface area contributed by atoms with Gasteiger partial charge in [0.15, 0.2) is 19.7 Å². The summed E-state index contributed by atoms with van der Waals surface area (Å²) < 4.78 is 32.0. The Hall–Kier alpha value is -4.82. The van der Waals surface area contributed by atoms with Crippen molar-refractivity contribution >= 4 is 31.5 Å². The van der Waals surface area contributed by atoms with Crippen molar-refractivity contribution in [2.24, 2.45) is 11.8 Å². The third kappa shape index (κ3) is 6.67. The van der Waals surface area contributed by atoms with Gasteiger partial charge in [-0.25, -0.2) is 4.98 Å². The SMILES string of the molecule is CN(C)c1ncc(OCc2ccccc2)c2c1C[C@H]1C[C@H]3[C@H](N4CCOCC4)c4onc(OCc5ccccc5)c4C(=O)[C@@]3(O[Si](C)(C)C(C)(C)C)C(=O)C1=C2O. The van der Waals surface area contributed by atoms with Crippen LogP contribution in [0.3, 0.4) is 0 Å². The van der Waals surface area contributed by atoms with Crippen LogP contribution in [0.1, 0.15) is 71.6 Å². The Balaban J connectivity index is 1.32. The molecule has 1 saturated heterocycles. The lowest BCUT2D eigenvalue weighted by Crippen LogP contribution is -2.69. The van der Waals surface area contributed by atoms with Gasteiger partial charge >= 0.3 is 0 Å². The van der Waals surface area contributed by atoms with Gasteiger partial charge in [0.25, 0.3) is 5.88 Å². The summed E-state index contributed by atoms with van der Waals surface area (Å²) in [6.45, 7) is 12.8. The predicted molar refractivity (Wildman–Crippen MR) is 217 cm³/mol. The molecular weight excluding hydrogens is 741 g/mol. The third-order valence-electron chi connectivity index (χ3n) is 12.6. The lowest BCUT2D eigenvalue weighted by molar-refractivity contribution is -0.143. The maximum Gasteiger partial charge on any atom is 0.265 e. The minimum atomic E-state index is -2.92. The van der Waals surface area contributed by atoms with Crippen molar-refractivity contribution in [2.45, 2.75) is 76.6 Å². The fourth-order valence-electron chi connectivity index (χ4n) is 8.73. The summed E-state index contributed by atoms with van der Waals surface area (Å²) in [6.07, 6.45) is 2.36. The first-order valence-electron chi connectivity index (χ1n) is 19.8. The Morgan fingerprint density at radius 3 is 2.18 bits per heavy atom. The van der Waals surface area contributed by atoms with Crippen LogP contribution in [0, 0.1) is 11.8 Å². The van der Waals surface area contributed by atoms with Crippen molar-refractivity contribution in [3.63, 3.8) is 0 Å². The number of pyridine rings is 1. The molecule has 3 heterocycles. The number of aromatic nitrogens is 2. The number of aliphatic hydroxyl groups is 1. The Morgan fingerprint density at radius 1 is 0.930 bits per heavy atom. The van der Waals surface area contributed by atoms with Gasteiger partial charge in [0.2, 0.25) is 11.6 Å². The molecule has 3 aliphatic carbocycles. The molecule has 4 aliphatic rings. The lowest BCUT2D eigenvalue weighted by atomic mass is 9.57. The molecule has 12 nitrogen and oxygen atoms in total. The second-order valence-electron chi connectivity index (χ2n) is 17.3. The predicted octanol–water partition coefficient (Wildman–Crippen LogP) is 7.35. The van der Waals surface area contributed by atoms with E-state index in [9.17, 15) is 5.11 Å². The number of hydrogen-bond donors (Lipinski definition) is 1. The Kier molecular flexibility index (Phi) is 10.2. The molecular formula is C44H52N4O8Si. The summed E-state index contributed by atoms with van der Waals surface area (Å²) in [5, 5.41) is 16.6. The van der Waals surface area contributed by atoms with Gasteiger partial charge in [0.05, 0.1) is 31.0 Å². The Bertz CT molecular complexity index is 2190. The molecule has 0 amide bonds. The zero-order valence-electron chi connectivity index (χ0n) is 33.8. The van der Waals surface area contributed by atoms with Crippen LogP contribution in [0.4, 0.5) is 5.82 Å². The standard InChI is InChI=1S/C44H52N4O8Si/c1-43(2,3)57(6,7)56-44-31(36(48-18-20-52-21-19-48)38-35(40(44)51)42(46-55-38)54-26-28-16-12-9-13-17-28)23-29-22-30-34(37(49)33(29)39(44)50)32(24-45-41(30)47(4)5)53-25-27-14-10-8-11-15-27/h8-17,24,29,31,36,49H,18-23,25-26H2,1-7H3/t29-,31-,36-,44-/m0/s1. The number of hydrogen-bond acceptors (Lipinski definition) is 12. The normalized spacial score (nSPS) is 23.7. The highest BCUT2D eigenvalue weighted by atomic mass is 28.4. The van der Waals surface area contributed by atoms with Crippen LogP contribution in [0.25, 0.3) is 5.76 Å². The lowest BCUT2D eigenvalue weighted by Gasteiger charge is -2.56. The molecule has 0 unspecified atom stereocenters. The molecule has 0 radical (unpaired) electrons.